The predicted octanol–water partition coefficient (Wildman–Crippen LogP) is 4.55. The summed E-state index contributed by atoms with van der Waals surface area (Å²) in [7, 11) is 0. The molecule has 0 unspecified atom stereocenters. The summed E-state index contributed by atoms with van der Waals surface area (Å²) in [6.45, 7) is 2.80. The molecule has 1 amide bonds. The maximum Gasteiger partial charge on any atom is 0.253 e. The molecule has 8 nitrogen and oxygen atoms in total. The molecule has 214 valence electrons. The number of carbonyl (C=O) groups is 1. The van der Waals surface area contributed by atoms with Gasteiger partial charge in [-0.3, -0.25) is 9.78 Å². The van der Waals surface area contributed by atoms with Crippen molar-refractivity contribution in [1.29, 1.82) is 0 Å². The van der Waals surface area contributed by atoms with Gasteiger partial charge in [0.25, 0.3) is 5.91 Å². The van der Waals surface area contributed by atoms with Crippen molar-refractivity contribution in [3.63, 3.8) is 0 Å². The number of amides is 1. The highest BCUT2D eigenvalue weighted by molar-refractivity contribution is 6.06. The lowest BCUT2D eigenvalue weighted by atomic mass is 10.1. The number of para-hydroxylation sites is 2. The lowest BCUT2D eigenvalue weighted by Gasteiger charge is -2.19. The van der Waals surface area contributed by atoms with Crippen molar-refractivity contribution in [2.24, 2.45) is 0 Å². The smallest absolute Gasteiger partial charge is 0.253 e. The minimum absolute atomic E-state index is 0. The second-order valence-corrected chi connectivity index (χ2v) is 8.89. The highest BCUT2D eigenvalue weighted by atomic mass is 35.5. The molecule has 0 saturated carbocycles. The average molecular weight is 589 g/mol. The third-order valence-electron chi connectivity index (χ3n) is 5.99. The molecule has 2 atom stereocenters. The molecule has 40 heavy (non-hydrogen) atoms. The molecule has 3 aromatic carbocycles. The largest absolute Gasteiger partial charge is 0.491 e. The van der Waals surface area contributed by atoms with Gasteiger partial charge < -0.3 is 30.3 Å². The van der Waals surface area contributed by atoms with Crippen molar-refractivity contribution < 1.29 is 24.5 Å². The van der Waals surface area contributed by atoms with E-state index in [2.05, 4.69) is 15.6 Å². The number of carbonyl (C=O) groups excluding carboxylic acids is 1. The van der Waals surface area contributed by atoms with Crippen molar-refractivity contribution in [3.05, 3.63) is 96.2 Å². The molecule has 4 rings (SSSR count). The Bertz CT molecular complexity index is 1330. The van der Waals surface area contributed by atoms with Gasteiger partial charge in [-0.05, 0) is 61.4 Å². The summed E-state index contributed by atoms with van der Waals surface area (Å²) in [5, 5.41) is 26.8. The van der Waals surface area contributed by atoms with E-state index < -0.39 is 6.10 Å². The number of benzene rings is 3. The molecular weight excluding hydrogens is 553 g/mol. The zero-order valence-electron chi connectivity index (χ0n) is 22.2. The zero-order chi connectivity index (χ0) is 26.7. The molecule has 0 saturated heterocycles. The van der Waals surface area contributed by atoms with Crippen LogP contribution in [0.3, 0.4) is 0 Å². The number of halogens is 2. The van der Waals surface area contributed by atoms with E-state index in [0.717, 1.165) is 10.9 Å². The first-order valence-corrected chi connectivity index (χ1v) is 12.7. The lowest BCUT2D eigenvalue weighted by molar-refractivity contribution is 0.0957. The number of nitrogens with zero attached hydrogens (tertiary/aromatic N) is 1. The van der Waals surface area contributed by atoms with Crippen LogP contribution in [0.1, 0.15) is 22.8 Å². The Morgan fingerprint density at radius 2 is 1.70 bits per heavy atom. The van der Waals surface area contributed by atoms with E-state index in [1.807, 2.05) is 73.7 Å². The summed E-state index contributed by atoms with van der Waals surface area (Å²) in [6, 6.07) is 24.0. The molecule has 4 N–H and O–H groups in total. The number of hydrogen-bond donors (Lipinski definition) is 4. The standard InChI is InChI=1S/C30H33N3O5.2ClH/c1-2-31-30(36)27-10-6-9-26-28(15-16-32-29(26)27)38-25-13-11-21(12-14-25)17-22(19-34)33-18-23(35)20-37-24-7-4-3-5-8-24;;/h3-16,22-23,33-35H,2,17-20H2,1H3,(H,31,36);2*1H/t22-,23-;;/m0../s1. The van der Waals surface area contributed by atoms with Crippen LogP contribution in [0.5, 0.6) is 17.2 Å². The van der Waals surface area contributed by atoms with Gasteiger partial charge >= 0.3 is 0 Å². The van der Waals surface area contributed by atoms with Crippen molar-refractivity contribution >= 4 is 41.6 Å². The fourth-order valence-corrected chi connectivity index (χ4v) is 4.06. The molecule has 0 radical (unpaired) electrons. The monoisotopic (exact) mass is 587 g/mol. The molecule has 1 aromatic heterocycles. The van der Waals surface area contributed by atoms with Crippen LogP contribution in [0.2, 0.25) is 0 Å². The number of rotatable bonds is 13. The fourth-order valence-electron chi connectivity index (χ4n) is 4.06. The van der Waals surface area contributed by atoms with Crippen LogP contribution in [0.25, 0.3) is 10.9 Å². The molecule has 10 heteroatoms. The Labute approximate surface area is 246 Å². The van der Waals surface area contributed by atoms with Crippen molar-refractivity contribution in [1.82, 2.24) is 15.6 Å². The van der Waals surface area contributed by atoms with Gasteiger partial charge in [0.2, 0.25) is 0 Å². The van der Waals surface area contributed by atoms with Crippen LogP contribution in [0.15, 0.2) is 85.1 Å². The van der Waals surface area contributed by atoms with Crippen molar-refractivity contribution in [2.45, 2.75) is 25.5 Å². The summed E-state index contributed by atoms with van der Waals surface area (Å²) < 4.78 is 11.7. The number of hydrogen-bond acceptors (Lipinski definition) is 7. The Balaban J connectivity index is 0.00000280. The number of pyridine rings is 1. The van der Waals surface area contributed by atoms with Gasteiger partial charge in [0.15, 0.2) is 0 Å². The van der Waals surface area contributed by atoms with Gasteiger partial charge in [-0.15, -0.1) is 24.8 Å². The van der Waals surface area contributed by atoms with Crippen LogP contribution in [0, 0.1) is 0 Å². The number of aliphatic hydroxyl groups is 2. The van der Waals surface area contributed by atoms with Gasteiger partial charge in [0, 0.05) is 30.7 Å². The van der Waals surface area contributed by atoms with Crippen LogP contribution in [-0.4, -0.2) is 59.6 Å². The van der Waals surface area contributed by atoms with Crippen molar-refractivity contribution in [3.8, 4) is 17.2 Å². The number of nitrogens with one attached hydrogen (secondary N) is 2. The Morgan fingerprint density at radius 1 is 0.950 bits per heavy atom. The van der Waals surface area contributed by atoms with E-state index in [9.17, 15) is 15.0 Å². The number of fused-ring (bicyclic) bond motifs is 1. The van der Waals surface area contributed by atoms with Gasteiger partial charge in [-0.2, -0.15) is 0 Å². The highest BCUT2D eigenvalue weighted by Crippen LogP contribution is 2.30. The quantitative estimate of drug-likeness (QED) is 0.181. The topological polar surface area (TPSA) is 113 Å². The Kier molecular flexibility index (Phi) is 13.7. The molecule has 0 fully saturated rings. The molecule has 0 aliphatic rings. The second kappa shape index (κ2) is 16.6. The van der Waals surface area contributed by atoms with Gasteiger partial charge in [0.05, 0.1) is 17.7 Å². The van der Waals surface area contributed by atoms with E-state index in [0.29, 0.717) is 47.8 Å². The molecule has 0 aliphatic heterocycles. The SMILES string of the molecule is CCNC(=O)c1cccc2c(Oc3ccc(C[C@@H](CO)NC[C@H](O)COc4ccccc4)cc3)ccnc12.Cl.Cl. The maximum atomic E-state index is 12.4. The van der Waals surface area contributed by atoms with E-state index in [-0.39, 0.29) is 50.0 Å². The lowest BCUT2D eigenvalue weighted by Crippen LogP contribution is -2.41. The number of aromatic nitrogens is 1. The van der Waals surface area contributed by atoms with E-state index in [4.69, 9.17) is 9.47 Å². The molecule has 4 aromatic rings. The fraction of sp³-hybridized carbons (Fsp3) is 0.267. The second-order valence-electron chi connectivity index (χ2n) is 8.89. The Morgan fingerprint density at radius 3 is 2.40 bits per heavy atom. The maximum absolute atomic E-state index is 12.4. The van der Waals surface area contributed by atoms with E-state index in [1.54, 1.807) is 18.3 Å². The molecule has 0 aliphatic carbocycles. The molecule has 1 heterocycles. The zero-order valence-corrected chi connectivity index (χ0v) is 23.8. The normalized spacial score (nSPS) is 12.0. The minimum atomic E-state index is -0.705. The van der Waals surface area contributed by atoms with Crippen LogP contribution in [-0.2, 0) is 6.42 Å². The van der Waals surface area contributed by atoms with Gasteiger partial charge in [-0.25, -0.2) is 0 Å². The van der Waals surface area contributed by atoms with Gasteiger partial charge in [0.1, 0.15) is 30.0 Å². The first-order chi connectivity index (χ1) is 18.6. The summed E-state index contributed by atoms with van der Waals surface area (Å²) in [6.07, 6.45) is 1.51. The third kappa shape index (κ3) is 9.08. The molecular formula is C30H35Cl2N3O5. The van der Waals surface area contributed by atoms with E-state index in [1.165, 1.54) is 0 Å². The van der Waals surface area contributed by atoms with Crippen molar-refractivity contribution in [2.75, 3.05) is 26.3 Å². The minimum Gasteiger partial charge on any atom is -0.491 e. The van der Waals surface area contributed by atoms with Gasteiger partial charge in [-0.1, -0.05) is 36.4 Å². The first kappa shape index (κ1) is 32.8. The third-order valence-corrected chi connectivity index (χ3v) is 5.99. The molecule has 0 bridgehead atoms. The van der Waals surface area contributed by atoms with Crippen LogP contribution >= 0.6 is 24.8 Å². The number of ether oxygens (including phenoxy) is 2. The summed E-state index contributed by atoms with van der Waals surface area (Å²) >= 11 is 0. The molecule has 0 spiro atoms. The summed E-state index contributed by atoms with van der Waals surface area (Å²) in [5.74, 6) is 1.78. The predicted molar refractivity (Wildman–Crippen MR) is 161 cm³/mol. The summed E-state index contributed by atoms with van der Waals surface area (Å²) in [4.78, 5) is 16.8. The van der Waals surface area contributed by atoms with Crippen LogP contribution in [0.4, 0.5) is 0 Å². The van der Waals surface area contributed by atoms with E-state index >= 15 is 0 Å². The summed E-state index contributed by atoms with van der Waals surface area (Å²) in [5.41, 5.74) is 2.10. The first-order valence-electron chi connectivity index (χ1n) is 12.7. The average Bonchev–Trinajstić information content (AvgIpc) is 2.95. The number of aliphatic hydroxyl groups excluding tert-OH is 2. The highest BCUT2D eigenvalue weighted by Gasteiger charge is 2.14. The Hall–Kier alpha value is -3.40. The van der Waals surface area contributed by atoms with Crippen LogP contribution < -0.4 is 20.1 Å².